The highest BCUT2D eigenvalue weighted by atomic mass is 32.2. The van der Waals surface area contributed by atoms with Crippen LogP contribution in [0.25, 0.3) is 0 Å². The molecule has 0 aromatic heterocycles. The van der Waals surface area contributed by atoms with Crippen LogP contribution in [-0.2, 0) is 19.4 Å². The van der Waals surface area contributed by atoms with Gasteiger partial charge < -0.3 is 4.74 Å². The molecule has 0 saturated heterocycles. The molecule has 0 bridgehead atoms. The number of fused-ring (bicyclic) bond motifs is 2. The summed E-state index contributed by atoms with van der Waals surface area (Å²) in [6.07, 6.45) is 0.832. The van der Waals surface area contributed by atoms with Crippen LogP contribution in [0, 0.1) is 10.1 Å². The summed E-state index contributed by atoms with van der Waals surface area (Å²) in [5, 5.41) is 11.3. The average Bonchev–Trinajstić information content (AvgIpc) is 2.79. The second-order valence-electron chi connectivity index (χ2n) is 7.05. The van der Waals surface area contributed by atoms with Gasteiger partial charge in [0, 0.05) is 22.1 Å². The first-order chi connectivity index (χ1) is 15.7. The van der Waals surface area contributed by atoms with Gasteiger partial charge in [0.25, 0.3) is 11.6 Å². The van der Waals surface area contributed by atoms with E-state index in [9.17, 15) is 28.1 Å². The molecule has 3 aromatic rings. The molecule has 0 unspecified atom stereocenters. The van der Waals surface area contributed by atoms with E-state index in [-0.39, 0.29) is 5.56 Å². The third-order valence-electron chi connectivity index (χ3n) is 4.80. The predicted octanol–water partition coefficient (Wildman–Crippen LogP) is 3.98. The lowest BCUT2D eigenvalue weighted by molar-refractivity contribution is -0.387. The molecule has 0 N–H and O–H groups in total. The van der Waals surface area contributed by atoms with Gasteiger partial charge in [-0.3, -0.25) is 19.8 Å². The first-order valence-electron chi connectivity index (χ1n) is 9.51. The number of hydrogen-bond donors (Lipinski definition) is 0. The topological polar surface area (TPSA) is 124 Å². The van der Waals surface area contributed by atoms with E-state index >= 15 is 0 Å². The number of benzene rings is 3. The third kappa shape index (κ3) is 4.45. The number of anilines is 2. The molecule has 3 aromatic carbocycles. The Bertz CT molecular complexity index is 1360. The molecule has 4 rings (SSSR count). The summed E-state index contributed by atoms with van der Waals surface area (Å²) in [6.45, 7) is -0.617. The minimum atomic E-state index is -3.87. The van der Waals surface area contributed by atoms with E-state index in [4.69, 9.17) is 4.74 Å². The summed E-state index contributed by atoms with van der Waals surface area (Å²) < 4.78 is 28.6. The van der Waals surface area contributed by atoms with Crippen molar-refractivity contribution in [2.24, 2.45) is 0 Å². The Labute approximate surface area is 193 Å². The lowest BCUT2D eigenvalue weighted by Crippen LogP contribution is -2.32. The van der Waals surface area contributed by atoms with Crippen LogP contribution in [0.1, 0.15) is 10.4 Å². The van der Waals surface area contributed by atoms with E-state index in [1.165, 1.54) is 16.7 Å². The number of amides is 1. The van der Waals surface area contributed by atoms with Crippen LogP contribution in [0.3, 0.4) is 0 Å². The summed E-state index contributed by atoms with van der Waals surface area (Å²) >= 11 is 1.52. The van der Waals surface area contributed by atoms with E-state index in [0.29, 0.717) is 11.4 Å². The minimum Gasteiger partial charge on any atom is -0.452 e. The van der Waals surface area contributed by atoms with Crippen molar-refractivity contribution in [3.8, 4) is 0 Å². The maximum absolute atomic E-state index is 13.1. The van der Waals surface area contributed by atoms with E-state index < -0.39 is 43.8 Å². The summed E-state index contributed by atoms with van der Waals surface area (Å²) in [5.74, 6) is -1.50. The van der Waals surface area contributed by atoms with E-state index in [1.807, 2.05) is 24.3 Å². The summed E-state index contributed by atoms with van der Waals surface area (Å²) in [6, 6.07) is 17.5. The SMILES string of the molecule is CS(=O)(=O)c1ccc(C(=O)OCC(=O)N2c3ccccc3Sc3ccccc32)cc1[N+](=O)[O-]. The number of nitro benzene ring substituents is 1. The van der Waals surface area contributed by atoms with Crippen LogP contribution in [0.4, 0.5) is 17.1 Å². The molecule has 0 spiro atoms. The maximum Gasteiger partial charge on any atom is 0.338 e. The maximum atomic E-state index is 13.1. The van der Waals surface area contributed by atoms with Gasteiger partial charge in [-0.05, 0) is 36.4 Å². The van der Waals surface area contributed by atoms with E-state index in [2.05, 4.69) is 0 Å². The quantitative estimate of drug-likeness (QED) is 0.303. The zero-order valence-corrected chi connectivity index (χ0v) is 18.8. The molecule has 1 amide bonds. The fourth-order valence-electron chi connectivity index (χ4n) is 3.35. The van der Waals surface area contributed by atoms with Crippen molar-refractivity contribution >= 4 is 50.5 Å². The molecule has 1 aliphatic rings. The van der Waals surface area contributed by atoms with Crippen molar-refractivity contribution in [1.29, 1.82) is 0 Å². The van der Waals surface area contributed by atoms with Gasteiger partial charge >= 0.3 is 5.97 Å². The van der Waals surface area contributed by atoms with Crippen molar-refractivity contribution in [3.05, 3.63) is 82.4 Å². The van der Waals surface area contributed by atoms with Crippen molar-refractivity contribution in [3.63, 3.8) is 0 Å². The number of nitro groups is 1. The molecule has 0 radical (unpaired) electrons. The zero-order valence-electron chi connectivity index (χ0n) is 17.1. The second kappa shape index (κ2) is 8.68. The fourth-order valence-corrected chi connectivity index (χ4v) is 5.24. The van der Waals surface area contributed by atoms with Crippen molar-refractivity contribution in [1.82, 2.24) is 0 Å². The highest BCUT2D eigenvalue weighted by Crippen LogP contribution is 2.47. The van der Waals surface area contributed by atoms with Gasteiger partial charge in [0.2, 0.25) is 0 Å². The monoisotopic (exact) mass is 484 g/mol. The normalized spacial score (nSPS) is 12.5. The molecular formula is C22H16N2O7S2. The molecule has 0 saturated carbocycles. The average molecular weight is 485 g/mol. The Morgan fingerprint density at radius 1 is 1.00 bits per heavy atom. The number of hydrogen-bond acceptors (Lipinski definition) is 8. The highest BCUT2D eigenvalue weighted by Gasteiger charge is 2.29. The number of carbonyl (C=O) groups excluding carboxylic acids is 2. The third-order valence-corrected chi connectivity index (χ3v) is 7.07. The van der Waals surface area contributed by atoms with Gasteiger partial charge in [0.15, 0.2) is 16.4 Å². The van der Waals surface area contributed by atoms with Gasteiger partial charge in [-0.2, -0.15) is 0 Å². The number of para-hydroxylation sites is 2. The van der Waals surface area contributed by atoms with Gasteiger partial charge in [-0.15, -0.1) is 0 Å². The Morgan fingerprint density at radius 3 is 2.12 bits per heavy atom. The first kappa shape index (κ1) is 22.5. The lowest BCUT2D eigenvalue weighted by atomic mass is 10.2. The standard InChI is InChI=1S/C22H16N2O7S2/c1-33(29,30)20-11-10-14(12-17(20)24(27)28)22(26)31-13-21(25)23-15-6-2-4-8-18(15)32-19-9-5-3-7-16(19)23/h2-12H,13H2,1H3. The first-order valence-corrected chi connectivity index (χ1v) is 12.2. The Hall–Kier alpha value is -3.70. The Balaban J connectivity index is 1.58. The minimum absolute atomic E-state index is 0.239. The molecule has 9 nitrogen and oxygen atoms in total. The predicted molar refractivity (Wildman–Crippen MR) is 121 cm³/mol. The van der Waals surface area contributed by atoms with E-state index in [1.54, 1.807) is 24.3 Å². The summed E-state index contributed by atoms with van der Waals surface area (Å²) in [7, 11) is -3.87. The fraction of sp³-hybridized carbons (Fsp3) is 0.0909. The summed E-state index contributed by atoms with van der Waals surface area (Å²) in [4.78, 5) is 38.6. The Morgan fingerprint density at radius 2 is 1.58 bits per heavy atom. The highest BCUT2D eigenvalue weighted by molar-refractivity contribution is 7.99. The van der Waals surface area contributed by atoms with Crippen LogP contribution in [0.15, 0.2) is 81.4 Å². The molecular weight excluding hydrogens is 468 g/mol. The number of sulfone groups is 1. The van der Waals surface area contributed by atoms with Gasteiger partial charge in [0.1, 0.15) is 4.90 Å². The number of rotatable bonds is 5. The smallest absolute Gasteiger partial charge is 0.338 e. The van der Waals surface area contributed by atoms with Gasteiger partial charge in [-0.1, -0.05) is 36.0 Å². The molecule has 1 heterocycles. The Kier molecular flexibility index (Phi) is 5.91. The number of ether oxygens (including phenoxy) is 1. The van der Waals surface area contributed by atoms with Crippen LogP contribution < -0.4 is 4.90 Å². The van der Waals surface area contributed by atoms with Crippen molar-refractivity contribution in [2.75, 3.05) is 17.8 Å². The number of esters is 1. The molecule has 0 aliphatic carbocycles. The molecule has 11 heteroatoms. The number of carbonyl (C=O) groups is 2. The summed E-state index contributed by atoms with van der Waals surface area (Å²) in [5.41, 5.74) is 0.317. The van der Waals surface area contributed by atoms with Crippen LogP contribution in [-0.4, -0.2) is 38.1 Å². The van der Waals surface area contributed by atoms with Crippen LogP contribution >= 0.6 is 11.8 Å². The van der Waals surface area contributed by atoms with Gasteiger partial charge in [0.05, 0.1) is 21.9 Å². The molecule has 0 fully saturated rings. The molecule has 1 aliphatic heterocycles. The molecule has 0 atom stereocenters. The van der Waals surface area contributed by atoms with Crippen molar-refractivity contribution in [2.45, 2.75) is 14.7 Å². The molecule has 168 valence electrons. The van der Waals surface area contributed by atoms with Gasteiger partial charge in [-0.25, -0.2) is 13.2 Å². The van der Waals surface area contributed by atoms with Crippen molar-refractivity contribution < 1.29 is 27.7 Å². The van der Waals surface area contributed by atoms with Crippen LogP contribution in [0.5, 0.6) is 0 Å². The van der Waals surface area contributed by atoms with Crippen LogP contribution in [0.2, 0.25) is 0 Å². The lowest BCUT2D eigenvalue weighted by Gasteiger charge is -2.30. The largest absolute Gasteiger partial charge is 0.452 e. The van der Waals surface area contributed by atoms with E-state index in [0.717, 1.165) is 34.2 Å². The zero-order chi connectivity index (χ0) is 23.8. The number of nitrogens with zero attached hydrogens (tertiary/aromatic N) is 2. The molecule has 33 heavy (non-hydrogen) atoms. The second-order valence-corrected chi connectivity index (χ2v) is 10.1.